The van der Waals surface area contributed by atoms with Crippen LogP contribution < -0.4 is 21.4 Å². The zero-order valence-corrected chi connectivity index (χ0v) is 16.4. The van der Waals surface area contributed by atoms with Crippen molar-refractivity contribution in [2.45, 2.75) is 6.92 Å². The maximum Gasteiger partial charge on any atom is 0.228 e. The van der Waals surface area contributed by atoms with Crippen molar-refractivity contribution in [3.8, 4) is 11.3 Å². The summed E-state index contributed by atoms with van der Waals surface area (Å²) >= 11 is 0. The molecule has 2 heterocycles. The lowest BCUT2D eigenvalue weighted by Gasteiger charge is -2.27. The van der Waals surface area contributed by atoms with Gasteiger partial charge in [0.1, 0.15) is 5.82 Å². The van der Waals surface area contributed by atoms with Crippen molar-refractivity contribution in [3.05, 3.63) is 59.7 Å². The smallest absolute Gasteiger partial charge is 0.228 e. The predicted molar refractivity (Wildman–Crippen MR) is 116 cm³/mol. The van der Waals surface area contributed by atoms with E-state index in [2.05, 4.69) is 35.3 Å². The van der Waals surface area contributed by atoms with Gasteiger partial charge in [-0.15, -0.1) is 0 Å². The largest absolute Gasteiger partial charge is 0.398 e. The molecule has 148 valence electrons. The van der Waals surface area contributed by atoms with E-state index >= 15 is 0 Å². The van der Waals surface area contributed by atoms with Gasteiger partial charge in [0.05, 0.1) is 24.5 Å². The summed E-state index contributed by atoms with van der Waals surface area (Å²) in [4.78, 5) is 11.7. The van der Waals surface area contributed by atoms with Gasteiger partial charge < -0.3 is 20.7 Å². The van der Waals surface area contributed by atoms with Crippen molar-refractivity contribution in [2.75, 3.05) is 42.3 Å². The summed E-state index contributed by atoms with van der Waals surface area (Å²) in [6.45, 7) is 4.96. The van der Waals surface area contributed by atoms with E-state index < -0.39 is 0 Å². The first-order chi connectivity index (χ1) is 14.1. The average Bonchev–Trinajstić information content (AvgIpc) is 2.75. The number of ether oxygens (including phenoxy) is 1. The lowest BCUT2D eigenvalue weighted by atomic mass is 10.1. The van der Waals surface area contributed by atoms with E-state index in [-0.39, 0.29) is 0 Å². The fraction of sp³-hybridized carbons (Fsp3) is 0.227. The standard InChI is InChI=1S/C22H24N6O/c1-15-3-2-4-16(11-15)20-13-21(25-18-5-6-19(24)17(12-18)14-23)27-22(26-20)28-7-9-29-10-8-28/h2-6,11-14,23H,7-10,24H2,1H3,(H,25,26,27)/p+1. The molecule has 4 rings (SSSR count). The predicted octanol–water partition coefficient (Wildman–Crippen LogP) is 1.79. The van der Waals surface area contributed by atoms with Crippen LogP contribution in [0.5, 0.6) is 0 Å². The molecule has 1 aromatic heterocycles. The minimum Gasteiger partial charge on any atom is -0.398 e. The van der Waals surface area contributed by atoms with Crippen molar-refractivity contribution >= 4 is 29.4 Å². The number of benzene rings is 2. The van der Waals surface area contributed by atoms with E-state index in [1.165, 1.54) is 11.8 Å². The topological polar surface area (TPSA) is 102 Å². The molecule has 7 nitrogen and oxygen atoms in total. The Morgan fingerprint density at radius 2 is 1.93 bits per heavy atom. The van der Waals surface area contributed by atoms with Crippen LogP contribution in [-0.2, 0) is 4.74 Å². The molecule has 0 saturated carbocycles. The quantitative estimate of drug-likeness (QED) is 0.454. The Bertz CT molecular complexity index is 1030. The number of hydrogen-bond donors (Lipinski definition) is 3. The Kier molecular flexibility index (Phi) is 5.39. The Balaban J connectivity index is 1.73. The van der Waals surface area contributed by atoms with E-state index in [4.69, 9.17) is 25.8 Å². The fourth-order valence-electron chi connectivity index (χ4n) is 3.30. The maximum absolute atomic E-state index is 5.95. The number of rotatable bonds is 5. The van der Waals surface area contributed by atoms with Gasteiger partial charge in [0.25, 0.3) is 0 Å². The van der Waals surface area contributed by atoms with Gasteiger partial charge in [0, 0.05) is 36.1 Å². The Morgan fingerprint density at radius 3 is 2.69 bits per heavy atom. The highest BCUT2D eigenvalue weighted by Gasteiger charge is 2.17. The highest BCUT2D eigenvalue weighted by atomic mass is 16.5. The van der Waals surface area contributed by atoms with Crippen LogP contribution in [0.3, 0.4) is 0 Å². The van der Waals surface area contributed by atoms with Crippen LogP contribution in [0.25, 0.3) is 11.3 Å². The average molecular weight is 389 g/mol. The van der Waals surface area contributed by atoms with Crippen LogP contribution in [-0.4, -0.2) is 42.5 Å². The molecule has 1 saturated heterocycles. The SMILES string of the molecule is Cc1cccc(-c2cc(Nc3ccc(N)c(C=[NH2+])c3)nc(N3CCOCC3)n2)c1. The summed E-state index contributed by atoms with van der Waals surface area (Å²) in [5.74, 6) is 1.40. The maximum atomic E-state index is 5.95. The third kappa shape index (κ3) is 4.35. The van der Waals surface area contributed by atoms with Gasteiger partial charge in [-0.2, -0.15) is 4.98 Å². The van der Waals surface area contributed by atoms with E-state index in [0.717, 1.165) is 35.6 Å². The first-order valence-corrected chi connectivity index (χ1v) is 9.63. The molecule has 0 amide bonds. The molecule has 0 bridgehead atoms. The molecule has 3 aromatic rings. The minimum atomic E-state index is 0.634. The summed E-state index contributed by atoms with van der Waals surface area (Å²) in [6, 6.07) is 15.9. The van der Waals surface area contributed by atoms with Crippen LogP contribution in [0.15, 0.2) is 48.5 Å². The highest BCUT2D eigenvalue weighted by molar-refractivity contribution is 5.85. The molecule has 0 atom stereocenters. The molecule has 1 aliphatic heterocycles. The Morgan fingerprint density at radius 1 is 1.10 bits per heavy atom. The first-order valence-electron chi connectivity index (χ1n) is 9.63. The molecular formula is C22H25N6O+. The molecule has 0 aliphatic carbocycles. The molecule has 0 spiro atoms. The van der Waals surface area contributed by atoms with E-state index in [1.54, 1.807) is 0 Å². The van der Waals surface area contributed by atoms with Crippen molar-refractivity contribution < 1.29 is 10.1 Å². The minimum absolute atomic E-state index is 0.634. The normalized spacial score (nSPS) is 13.9. The Hall–Kier alpha value is -3.45. The summed E-state index contributed by atoms with van der Waals surface area (Å²) in [6.07, 6.45) is 1.50. The van der Waals surface area contributed by atoms with Gasteiger partial charge >= 0.3 is 0 Å². The second-order valence-electron chi connectivity index (χ2n) is 7.04. The number of morpholine rings is 1. The molecule has 0 radical (unpaired) electrons. The van der Waals surface area contributed by atoms with Crippen molar-refractivity contribution in [3.63, 3.8) is 0 Å². The van der Waals surface area contributed by atoms with Gasteiger partial charge in [-0.25, -0.2) is 4.98 Å². The van der Waals surface area contributed by atoms with Crippen molar-refractivity contribution in [1.29, 1.82) is 0 Å². The number of aromatic nitrogens is 2. The summed E-state index contributed by atoms with van der Waals surface area (Å²) in [5.41, 5.74) is 11.3. The van der Waals surface area contributed by atoms with Crippen molar-refractivity contribution in [2.24, 2.45) is 0 Å². The monoisotopic (exact) mass is 389 g/mol. The first kappa shape index (κ1) is 18.9. The molecule has 5 N–H and O–H groups in total. The number of anilines is 4. The van der Waals surface area contributed by atoms with Crippen LogP contribution in [0, 0.1) is 6.92 Å². The van der Waals surface area contributed by atoms with Gasteiger partial charge in [-0.3, -0.25) is 5.41 Å². The number of hydrogen-bond acceptors (Lipinski definition) is 6. The van der Waals surface area contributed by atoms with Crippen LogP contribution in [0.2, 0.25) is 0 Å². The molecule has 1 fully saturated rings. The van der Waals surface area contributed by atoms with Gasteiger partial charge in [0.15, 0.2) is 6.21 Å². The van der Waals surface area contributed by atoms with Crippen molar-refractivity contribution in [1.82, 2.24) is 9.97 Å². The lowest BCUT2D eigenvalue weighted by molar-refractivity contribution is -0.104. The zero-order chi connectivity index (χ0) is 20.2. The highest BCUT2D eigenvalue weighted by Crippen LogP contribution is 2.27. The number of aryl methyl sites for hydroxylation is 1. The van der Waals surface area contributed by atoms with Gasteiger partial charge in [0.2, 0.25) is 5.95 Å². The second kappa shape index (κ2) is 8.28. The van der Waals surface area contributed by atoms with Crippen LogP contribution in [0.4, 0.5) is 23.1 Å². The number of nitrogens with zero attached hydrogens (tertiary/aromatic N) is 3. The third-order valence-corrected chi connectivity index (χ3v) is 4.86. The number of nitrogens with two attached hydrogens (primary N) is 2. The molecule has 29 heavy (non-hydrogen) atoms. The van der Waals surface area contributed by atoms with Gasteiger partial charge in [-0.1, -0.05) is 23.8 Å². The third-order valence-electron chi connectivity index (χ3n) is 4.86. The summed E-state index contributed by atoms with van der Waals surface area (Å²) in [7, 11) is 0. The second-order valence-corrected chi connectivity index (χ2v) is 7.04. The zero-order valence-electron chi connectivity index (χ0n) is 16.4. The number of nitrogen functional groups attached to an aromatic ring is 1. The van der Waals surface area contributed by atoms with E-state index in [9.17, 15) is 0 Å². The lowest BCUT2D eigenvalue weighted by Crippen LogP contribution is -2.37. The van der Waals surface area contributed by atoms with E-state index in [0.29, 0.717) is 30.7 Å². The Labute approximate surface area is 170 Å². The number of nitrogens with one attached hydrogen (secondary N) is 1. The molecule has 1 aliphatic rings. The van der Waals surface area contributed by atoms with Crippen LogP contribution in [0.1, 0.15) is 11.1 Å². The van der Waals surface area contributed by atoms with Crippen LogP contribution >= 0.6 is 0 Å². The molecule has 2 aromatic carbocycles. The molecule has 7 heteroatoms. The molecule has 0 unspecified atom stereocenters. The molecular weight excluding hydrogens is 364 g/mol. The summed E-state index contributed by atoms with van der Waals surface area (Å²) < 4.78 is 5.47. The van der Waals surface area contributed by atoms with Gasteiger partial charge in [-0.05, 0) is 31.2 Å². The fourth-order valence-corrected chi connectivity index (χ4v) is 3.30. The van der Waals surface area contributed by atoms with E-state index in [1.807, 2.05) is 30.3 Å². The summed E-state index contributed by atoms with van der Waals surface area (Å²) in [5, 5.41) is 9.04.